The molecule has 1 unspecified atom stereocenters. The largest absolute Gasteiger partial charge is 0.507 e. The Hall–Kier alpha value is -2.60. The maximum absolute atomic E-state index is 10.9. The summed E-state index contributed by atoms with van der Waals surface area (Å²) in [5.41, 5.74) is 1.67. The van der Waals surface area contributed by atoms with Gasteiger partial charge in [0.2, 0.25) is 0 Å². The van der Waals surface area contributed by atoms with Gasteiger partial charge in [-0.05, 0) is 19.1 Å². The Morgan fingerprint density at radius 2 is 2.00 bits per heavy atom. The number of benzene rings is 1. The average molecular weight is 287 g/mol. The summed E-state index contributed by atoms with van der Waals surface area (Å²) < 4.78 is 5.57. The van der Waals surface area contributed by atoms with E-state index in [0.29, 0.717) is 23.1 Å². The maximum Gasteiger partial charge on any atom is 0.153 e. The number of hydrogen-bond acceptors (Lipinski definition) is 6. The van der Waals surface area contributed by atoms with Crippen LogP contribution in [0.1, 0.15) is 38.8 Å². The molecule has 0 amide bonds. The molecule has 0 aliphatic carbocycles. The van der Waals surface area contributed by atoms with Crippen LogP contribution in [0.3, 0.4) is 0 Å². The molecule has 108 valence electrons. The zero-order valence-electron chi connectivity index (χ0n) is 11.2. The van der Waals surface area contributed by atoms with Crippen LogP contribution in [-0.4, -0.2) is 26.6 Å². The fourth-order valence-electron chi connectivity index (χ4n) is 2.51. The second-order valence-corrected chi connectivity index (χ2v) is 4.88. The van der Waals surface area contributed by atoms with Gasteiger partial charge in [0.05, 0.1) is 23.4 Å². The van der Waals surface area contributed by atoms with E-state index in [9.17, 15) is 20.1 Å². The zero-order valence-corrected chi connectivity index (χ0v) is 11.2. The second kappa shape index (κ2) is 4.75. The van der Waals surface area contributed by atoms with Crippen molar-refractivity contribution < 1.29 is 24.9 Å². The van der Waals surface area contributed by atoms with E-state index in [1.165, 1.54) is 12.1 Å². The van der Waals surface area contributed by atoms with Crippen LogP contribution in [0.15, 0.2) is 18.3 Å². The molecule has 6 nitrogen and oxygen atoms in total. The minimum atomic E-state index is -0.846. The van der Waals surface area contributed by atoms with Gasteiger partial charge in [0.15, 0.2) is 6.29 Å². The molecular weight excluding hydrogens is 274 g/mol. The number of pyridine rings is 1. The molecular formula is C15H13NO5. The molecule has 3 rings (SSSR count). The van der Waals surface area contributed by atoms with Gasteiger partial charge in [-0.2, -0.15) is 0 Å². The lowest BCUT2D eigenvalue weighted by Gasteiger charge is -2.17. The van der Waals surface area contributed by atoms with Crippen LogP contribution in [0.5, 0.6) is 17.2 Å². The van der Waals surface area contributed by atoms with Gasteiger partial charge in [-0.15, -0.1) is 0 Å². The minimum Gasteiger partial charge on any atom is -0.507 e. The van der Waals surface area contributed by atoms with Crippen molar-refractivity contribution in [2.75, 3.05) is 0 Å². The number of phenols is 2. The van der Waals surface area contributed by atoms with Gasteiger partial charge in [-0.25, -0.2) is 0 Å². The monoisotopic (exact) mass is 287 g/mol. The van der Waals surface area contributed by atoms with Crippen molar-refractivity contribution in [2.45, 2.75) is 19.6 Å². The number of aromatic nitrogens is 1. The quantitative estimate of drug-likeness (QED) is 0.730. The maximum atomic E-state index is 10.9. The molecule has 0 fully saturated rings. The number of carbonyl (C=O) groups is 1. The van der Waals surface area contributed by atoms with Crippen LogP contribution in [-0.2, 0) is 11.3 Å². The summed E-state index contributed by atoms with van der Waals surface area (Å²) in [6.07, 6.45) is 1.23. The first-order chi connectivity index (χ1) is 10.0. The number of rotatable bonds is 2. The van der Waals surface area contributed by atoms with Crippen LogP contribution in [0, 0.1) is 6.92 Å². The van der Waals surface area contributed by atoms with E-state index in [2.05, 4.69) is 4.98 Å². The Morgan fingerprint density at radius 3 is 2.71 bits per heavy atom. The molecule has 2 heterocycles. The Bertz CT molecular complexity index is 741. The third-order valence-corrected chi connectivity index (χ3v) is 3.64. The SMILES string of the molecule is Cc1ncc2c(c1O)C(c1c(O)ccc(C=O)c1O)OC2. The Morgan fingerprint density at radius 1 is 1.24 bits per heavy atom. The highest BCUT2D eigenvalue weighted by atomic mass is 16.5. The van der Waals surface area contributed by atoms with Crippen molar-refractivity contribution >= 4 is 6.29 Å². The highest BCUT2D eigenvalue weighted by Gasteiger charge is 2.33. The predicted molar refractivity (Wildman–Crippen MR) is 72.4 cm³/mol. The lowest BCUT2D eigenvalue weighted by molar-refractivity contribution is 0.0890. The van der Waals surface area contributed by atoms with Crippen LogP contribution in [0.4, 0.5) is 0 Å². The van der Waals surface area contributed by atoms with Gasteiger partial charge in [-0.1, -0.05) is 0 Å². The van der Waals surface area contributed by atoms with Gasteiger partial charge in [-0.3, -0.25) is 9.78 Å². The third-order valence-electron chi connectivity index (χ3n) is 3.64. The first kappa shape index (κ1) is 13.4. The fraction of sp³-hybridized carbons (Fsp3) is 0.200. The van der Waals surface area contributed by atoms with E-state index in [1.807, 2.05) is 0 Å². The van der Waals surface area contributed by atoms with Crippen molar-refractivity contribution in [1.82, 2.24) is 4.98 Å². The van der Waals surface area contributed by atoms with Crippen molar-refractivity contribution in [3.05, 3.63) is 46.3 Å². The number of nitrogens with zero attached hydrogens (tertiary/aromatic N) is 1. The molecule has 1 aromatic carbocycles. The van der Waals surface area contributed by atoms with Crippen molar-refractivity contribution in [1.29, 1.82) is 0 Å². The highest BCUT2D eigenvalue weighted by molar-refractivity contribution is 5.81. The fourth-order valence-corrected chi connectivity index (χ4v) is 2.51. The number of phenolic OH excluding ortho intramolecular Hbond substituents is 2. The number of aryl methyl sites for hydroxylation is 1. The first-order valence-electron chi connectivity index (χ1n) is 6.33. The molecule has 1 aliphatic rings. The molecule has 1 atom stereocenters. The molecule has 0 saturated heterocycles. The number of hydrogen-bond donors (Lipinski definition) is 3. The van der Waals surface area contributed by atoms with Crippen molar-refractivity contribution in [2.24, 2.45) is 0 Å². The molecule has 1 aliphatic heterocycles. The number of aldehydes is 1. The van der Waals surface area contributed by atoms with Crippen molar-refractivity contribution in [3.63, 3.8) is 0 Å². The summed E-state index contributed by atoms with van der Waals surface area (Å²) in [7, 11) is 0. The highest BCUT2D eigenvalue weighted by Crippen LogP contribution is 2.47. The Kier molecular flexibility index (Phi) is 3.03. The van der Waals surface area contributed by atoms with Crippen molar-refractivity contribution in [3.8, 4) is 17.2 Å². The van der Waals surface area contributed by atoms with E-state index in [4.69, 9.17) is 4.74 Å². The van der Waals surface area contributed by atoms with Crippen LogP contribution in [0.25, 0.3) is 0 Å². The number of fused-ring (bicyclic) bond motifs is 1. The minimum absolute atomic E-state index is 0.0368. The van der Waals surface area contributed by atoms with Crippen LogP contribution >= 0.6 is 0 Å². The normalized spacial score (nSPS) is 16.7. The topological polar surface area (TPSA) is 99.9 Å². The van der Waals surface area contributed by atoms with Gasteiger partial charge < -0.3 is 20.1 Å². The molecule has 6 heteroatoms. The summed E-state index contributed by atoms with van der Waals surface area (Å²) in [5, 5.41) is 30.3. The molecule has 3 N–H and O–H groups in total. The van der Waals surface area contributed by atoms with Gasteiger partial charge in [0, 0.05) is 17.3 Å². The van der Waals surface area contributed by atoms with E-state index >= 15 is 0 Å². The van der Waals surface area contributed by atoms with Gasteiger partial charge >= 0.3 is 0 Å². The number of ether oxygens (including phenoxy) is 1. The molecule has 2 aromatic rings. The van der Waals surface area contributed by atoms with E-state index in [1.54, 1.807) is 13.1 Å². The number of carbonyl (C=O) groups excluding carboxylic acids is 1. The summed E-state index contributed by atoms with van der Waals surface area (Å²) in [5.74, 6) is -0.591. The van der Waals surface area contributed by atoms with Crippen LogP contribution in [0.2, 0.25) is 0 Å². The predicted octanol–water partition coefficient (Wildman–Crippen LogP) is 1.94. The smallest absolute Gasteiger partial charge is 0.153 e. The molecule has 21 heavy (non-hydrogen) atoms. The summed E-state index contributed by atoms with van der Waals surface area (Å²) >= 11 is 0. The first-order valence-corrected chi connectivity index (χ1v) is 6.33. The Labute approximate surface area is 120 Å². The van der Waals surface area contributed by atoms with E-state index < -0.39 is 6.10 Å². The molecule has 1 aromatic heterocycles. The summed E-state index contributed by atoms with van der Waals surface area (Å²) in [6, 6.07) is 2.62. The third kappa shape index (κ3) is 1.92. The molecule has 0 saturated carbocycles. The zero-order chi connectivity index (χ0) is 15.1. The Balaban J connectivity index is 2.22. The molecule has 0 radical (unpaired) electrons. The second-order valence-electron chi connectivity index (χ2n) is 4.88. The average Bonchev–Trinajstić information content (AvgIpc) is 2.88. The summed E-state index contributed by atoms with van der Waals surface area (Å²) in [4.78, 5) is 15.0. The number of aromatic hydroxyl groups is 3. The van der Waals surface area contributed by atoms with E-state index in [0.717, 1.165) is 0 Å². The van der Waals surface area contributed by atoms with Crippen LogP contribution < -0.4 is 0 Å². The standard InChI is InChI=1S/C15H13NO5/c1-7-13(19)11-9(4-16-7)6-21-15(11)12-10(18)3-2-8(5-17)14(12)20/h2-5,15,18-20H,6H2,1H3. The molecule has 0 bridgehead atoms. The van der Waals surface area contributed by atoms with Gasteiger partial charge in [0.1, 0.15) is 23.4 Å². The summed E-state index contributed by atoms with van der Waals surface area (Å²) in [6.45, 7) is 1.84. The van der Waals surface area contributed by atoms with Gasteiger partial charge in [0.25, 0.3) is 0 Å². The molecule has 0 spiro atoms. The lowest BCUT2D eigenvalue weighted by Crippen LogP contribution is -2.02. The van der Waals surface area contributed by atoms with E-state index in [-0.39, 0.29) is 35.0 Å². The lowest BCUT2D eigenvalue weighted by atomic mass is 9.96.